The molecule has 22 heavy (non-hydrogen) atoms. The number of hydrazine groups is 1. The fourth-order valence-corrected chi connectivity index (χ4v) is 2.53. The molecule has 0 spiro atoms. The second-order valence-electron chi connectivity index (χ2n) is 4.65. The van der Waals surface area contributed by atoms with Crippen LogP contribution in [0.3, 0.4) is 0 Å². The maximum Gasteiger partial charge on any atom is 0.286 e. The van der Waals surface area contributed by atoms with Gasteiger partial charge in [0.25, 0.3) is 5.91 Å². The molecule has 0 aliphatic carbocycles. The van der Waals surface area contributed by atoms with Crippen molar-refractivity contribution in [2.45, 2.75) is 6.42 Å². The summed E-state index contributed by atoms with van der Waals surface area (Å²) in [6.07, 6.45) is 1.87. The summed E-state index contributed by atoms with van der Waals surface area (Å²) in [6.45, 7) is 0. The summed E-state index contributed by atoms with van der Waals surface area (Å²) in [4.78, 5) is 23.9. The lowest BCUT2D eigenvalue weighted by molar-refractivity contribution is -0.121. The molecule has 0 atom stereocenters. The van der Waals surface area contributed by atoms with Crippen molar-refractivity contribution in [2.24, 2.45) is 7.05 Å². The van der Waals surface area contributed by atoms with E-state index in [1.165, 1.54) is 0 Å². The first kappa shape index (κ1) is 16.1. The normalized spacial score (nSPS) is 10.1. The molecule has 2 amide bonds. The second kappa shape index (κ2) is 7.13. The zero-order valence-electron chi connectivity index (χ0n) is 12.2. The number of para-hydroxylation sites is 1. The molecule has 2 N–H and O–H groups in total. The van der Waals surface area contributed by atoms with Gasteiger partial charge in [-0.3, -0.25) is 20.4 Å². The first-order chi connectivity index (χ1) is 10.5. The van der Waals surface area contributed by atoms with Crippen molar-refractivity contribution in [1.82, 2.24) is 15.4 Å². The highest BCUT2D eigenvalue weighted by molar-refractivity contribution is 9.10. The van der Waals surface area contributed by atoms with Crippen molar-refractivity contribution in [2.75, 3.05) is 7.11 Å². The lowest BCUT2D eigenvalue weighted by atomic mass is 10.1. The molecule has 2 rings (SSSR count). The highest BCUT2D eigenvalue weighted by Gasteiger charge is 2.13. The van der Waals surface area contributed by atoms with Gasteiger partial charge in [-0.15, -0.1) is 0 Å². The molecule has 0 aliphatic heterocycles. The van der Waals surface area contributed by atoms with Gasteiger partial charge in [0.15, 0.2) is 0 Å². The third-order valence-electron chi connectivity index (χ3n) is 3.06. The third-order valence-corrected chi connectivity index (χ3v) is 3.50. The Bertz CT molecular complexity index is 697. The maximum absolute atomic E-state index is 12.0. The first-order valence-electron chi connectivity index (χ1n) is 6.54. The minimum Gasteiger partial charge on any atom is -0.496 e. The second-order valence-corrected chi connectivity index (χ2v) is 5.56. The molecule has 0 fully saturated rings. The maximum atomic E-state index is 12.0. The molecule has 6 nitrogen and oxygen atoms in total. The molecule has 1 aromatic carbocycles. The number of aromatic nitrogens is 1. The van der Waals surface area contributed by atoms with Gasteiger partial charge in [0.05, 0.1) is 13.5 Å². The summed E-state index contributed by atoms with van der Waals surface area (Å²) in [6, 6.07) is 8.90. The van der Waals surface area contributed by atoms with Crippen molar-refractivity contribution in [3.05, 3.63) is 52.3 Å². The number of rotatable bonds is 4. The lowest BCUT2D eigenvalue weighted by Crippen LogP contribution is -2.43. The van der Waals surface area contributed by atoms with Gasteiger partial charge in [0.1, 0.15) is 11.4 Å². The van der Waals surface area contributed by atoms with Crippen molar-refractivity contribution >= 4 is 27.7 Å². The smallest absolute Gasteiger partial charge is 0.286 e. The van der Waals surface area contributed by atoms with Crippen molar-refractivity contribution < 1.29 is 14.3 Å². The van der Waals surface area contributed by atoms with E-state index in [9.17, 15) is 9.59 Å². The van der Waals surface area contributed by atoms with Crippen molar-refractivity contribution in [3.8, 4) is 5.75 Å². The fraction of sp³-hybridized carbons (Fsp3) is 0.200. The van der Waals surface area contributed by atoms with Crippen LogP contribution in [0.5, 0.6) is 5.75 Å². The quantitative estimate of drug-likeness (QED) is 0.811. The van der Waals surface area contributed by atoms with Gasteiger partial charge < -0.3 is 9.30 Å². The minimum absolute atomic E-state index is 0.112. The highest BCUT2D eigenvalue weighted by Crippen LogP contribution is 2.17. The monoisotopic (exact) mass is 365 g/mol. The Morgan fingerprint density at radius 1 is 1.27 bits per heavy atom. The number of ether oxygens (including phenoxy) is 1. The minimum atomic E-state index is -0.387. The molecule has 0 aliphatic rings. The van der Waals surface area contributed by atoms with Crippen LogP contribution in [0.25, 0.3) is 0 Å². The van der Waals surface area contributed by atoms with Crippen LogP contribution in [0, 0.1) is 0 Å². The van der Waals surface area contributed by atoms with Crippen molar-refractivity contribution in [3.63, 3.8) is 0 Å². The predicted octanol–water partition coefficient (Wildman–Crippen LogP) is 1.80. The van der Waals surface area contributed by atoms with E-state index in [0.29, 0.717) is 11.4 Å². The average Bonchev–Trinajstić information content (AvgIpc) is 2.84. The molecule has 0 saturated carbocycles. The number of carbonyl (C=O) groups excluding carboxylic acids is 2. The standard InChI is InChI=1S/C15H16BrN3O3/c1-19-9-11(16)8-12(19)15(21)18-17-14(20)7-10-5-3-4-6-13(10)22-2/h3-6,8-9H,7H2,1-2H3,(H,17,20)(H,18,21). The largest absolute Gasteiger partial charge is 0.496 e. The van der Waals surface area contributed by atoms with Crippen LogP contribution in [-0.2, 0) is 18.3 Å². The SMILES string of the molecule is COc1ccccc1CC(=O)NNC(=O)c1cc(Br)cn1C. The Morgan fingerprint density at radius 3 is 2.64 bits per heavy atom. The number of nitrogens with zero attached hydrogens (tertiary/aromatic N) is 1. The number of benzene rings is 1. The average molecular weight is 366 g/mol. The van der Waals surface area contributed by atoms with E-state index in [0.717, 1.165) is 10.0 Å². The summed E-state index contributed by atoms with van der Waals surface area (Å²) in [5.74, 6) is -0.0805. The van der Waals surface area contributed by atoms with Crippen molar-refractivity contribution in [1.29, 1.82) is 0 Å². The number of halogens is 1. The molecule has 116 valence electrons. The van der Waals surface area contributed by atoms with Gasteiger partial charge in [-0.1, -0.05) is 18.2 Å². The summed E-state index contributed by atoms with van der Waals surface area (Å²) >= 11 is 3.29. The van der Waals surface area contributed by atoms with Gasteiger partial charge in [-0.05, 0) is 28.1 Å². The van der Waals surface area contributed by atoms with E-state index in [2.05, 4.69) is 26.8 Å². The fourth-order valence-electron chi connectivity index (χ4n) is 2.01. The van der Waals surface area contributed by atoms with Gasteiger partial charge >= 0.3 is 0 Å². The van der Waals surface area contributed by atoms with Crippen LogP contribution in [0.4, 0.5) is 0 Å². The number of amides is 2. The van der Waals surface area contributed by atoms with Crippen LogP contribution >= 0.6 is 15.9 Å². The molecule has 1 heterocycles. The third kappa shape index (κ3) is 3.88. The van der Waals surface area contributed by atoms with Crippen LogP contribution in [-0.4, -0.2) is 23.5 Å². The molecular weight excluding hydrogens is 350 g/mol. The Labute approximate surface area is 136 Å². The Kier molecular flexibility index (Phi) is 5.21. The Morgan fingerprint density at radius 2 is 2.00 bits per heavy atom. The van der Waals surface area contributed by atoms with E-state index < -0.39 is 0 Å². The first-order valence-corrected chi connectivity index (χ1v) is 7.33. The predicted molar refractivity (Wildman–Crippen MR) is 85.4 cm³/mol. The number of carbonyl (C=O) groups is 2. The van der Waals surface area contributed by atoms with E-state index in [1.807, 2.05) is 12.1 Å². The molecule has 0 radical (unpaired) electrons. The van der Waals surface area contributed by atoms with E-state index in [4.69, 9.17) is 4.74 Å². The number of nitrogens with one attached hydrogen (secondary N) is 2. The van der Waals surface area contributed by atoms with Crippen LogP contribution in [0.1, 0.15) is 16.1 Å². The number of aryl methyl sites for hydroxylation is 1. The number of hydrogen-bond donors (Lipinski definition) is 2. The topological polar surface area (TPSA) is 72.4 Å². The molecular formula is C15H16BrN3O3. The molecule has 0 saturated heterocycles. The summed E-state index contributed by atoms with van der Waals surface area (Å²) in [5, 5.41) is 0. The summed E-state index contributed by atoms with van der Waals surface area (Å²) in [5.41, 5.74) is 5.97. The molecule has 2 aromatic rings. The molecule has 0 unspecified atom stereocenters. The number of hydrogen-bond acceptors (Lipinski definition) is 3. The zero-order valence-corrected chi connectivity index (χ0v) is 13.8. The van der Waals surface area contributed by atoms with Gasteiger partial charge in [-0.25, -0.2) is 0 Å². The highest BCUT2D eigenvalue weighted by atomic mass is 79.9. The van der Waals surface area contributed by atoms with Crippen LogP contribution in [0.2, 0.25) is 0 Å². The Balaban J connectivity index is 1.93. The lowest BCUT2D eigenvalue weighted by Gasteiger charge is -2.10. The van der Waals surface area contributed by atoms with E-state index in [-0.39, 0.29) is 18.2 Å². The van der Waals surface area contributed by atoms with Crippen LogP contribution < -0.4 is 15.6 Å². The Hall–Kier alpha value is -2.28. The molecule has 0 bridgehead atoms. The van der Waals surface area contributed by atoms with Crippen LogP contribution in [0.15, 0.2) is 41.0 Å². The number of methoxy groups -OCH3 is 1. The molecule has 1 aromatic heterocycles. The van der Waals surface area contributed by atoms with Gasteiger partial charge in [-0.2, -0.15) is 0 Å². The van der Waals surface area contributed by atoms with Gasteiger partial charge in [0, 0.05) is 23.3 Å². The summed E-state index contributed by atoms with van der Waals surface area (Å²) < 4.78 is 7.63. The zero-order chi connectivity index (χ0) is 16.1. The summed E-state index contributed by atoms with van der Waals surface area (Å²) in [7, 11) is 3.29. The van der Waals surface area contributed by atoms with E-state index in [1.54, 1.807) is 43.1 Å². The van der Waals surface area contributed by atoms with Gasteiger partial charge in [0.2, 0.25) is 5.91 Å². The molecule has 7 heteroatoms. The van der Waals surface area contributed by atoms with E-state index >= 15 is 0 Å².